The van der Waals surface area contributed by atoms with E-state index in [4.69, 9.17) is 16.3 Å². The number of nitrogens with zero attached hydrogens (tertiary/aromatic N) is 6. The van der Waals surface area contributed by atoms with Crippen LogP contribution in [0.1, 0.15) is 41.6 Å². The molecule has 2 heterocycles. The molecule has 0 aliphatic carbocycles. The number of halogens is 4. The quantitative estimate of drug-likeness (QED) is 0.503. The minimum Gasteiger partial charge on any atom is -0.361 e. The fraction of sp³-hybridized carbons (Fsp3) is 0.316. The molecule has 12 heteroatoms. The standard InChI is InChI=1S/C19H18ClF3N6O2/c1-3-31-11-28(17(30)13-7-14(19(21,22)23)9-15(20)8-13)12(2)16-26-10-27-29(16)18-24-5-4-6-25-18/h4-10,12H,3,11H2,1-2H3. The van der Waals surface area contributed by atoms with Gasteiger partial charge in [-0.3, -0.25) is 4.79 Å². The molecule has 1 atom stereocenters. The highest BCUT2D eigenvalue weighted by Gasteiger charge is 2.33. The zero-order valence-electron chi connectivity index (χ0n) is 16.5. The van der Waals surface area contributed by atoms with Gasteiger partial charge in [0.05, 0.1) is 11.6 Å². The largest absolute Gasteiger partial charge is 0.416 e. The molecule has 0 saturated heterocycles. The minimum absolute atomic E-state index is 0.188. The second-order valence-electron chi connectivity index (χ2n) is 6.38. The van der Waals surface area contributed by atoms with E-state index in [1.807, 2.05) is 0 Å². The van der Waals surface area contributed by atoms with Crippen LogP contribution >= 0.6 is 11.6 Å². The summed E-state index contributed by atoms with van der Waals surface area (Å²) in [6.45, 7) is 3.48. The van der Waals surface area contributed by atoms with Crippen molar-refractivity contribution in [3.63, 3.8) is 0 Å². The van der Waals surface area contributed by atoms with Crippen LogP contribution in [0.25, 0.3) is 5.95 Å². The van der Waals surface area contributed by atoms with E-state index in [0.29, 0.717) is 5.82 Å². The van der Waals surface area contributed by atoms with Gasteiger partial charge in [-0.05, 0) is 38.1 Å². The predicted molar refractivity (Wildman–Crippen MR) is 104 cm³/mol. The Kier molecular flexibility index (Phi) is 6.86. The van der Waals surface area contributed by atoms with Crippen LogP contribution in [0.4, 0.5) is 13.2 Å². The van der Waals surface area contributed by atoms with Crippen LogP contribution in [0.5, 0.6) is 0 Å². The van der Waals surface area contributed by atoms with Gasteiger partial charge in [-0.15, -0.1) is 0 Å². The summed E-state index contributed by atoms with van der Waals surface area (Å²) in [5, 5.41) is 3.89. The number of alkyl halides is 3. The molecule has 0 aliphatic heterocycles. The first-order valence-electron chi connectivity index (χ1n) is 9.16. The van der Waals surface area contributed by atoms with Crippen molar-refractivity contribution < 1.29 is 22.7 Å². The van der Waals surface area contributed by atoms with Gasteiger partial charge in [0.1, 0.15) is 13.1 Å². The average Bonchev–Trinajstić information content (AvgIpc) is 3.23. The molecule has 3 rings (SSSR count). The van der Waals surface area contributed by atoms with Gasteiger partial charge in [-0.25, -0.2) is 15.0 Å². The maximum atomic E-state index is 13.2. The first-order valence-corrected chi connectivity index (χ1v) is 9.54. The van der Waals surface area contributed by atoms with Crippen molar-refractivity contribution >= 4 is 17.5 Å². The van der Waals surface area contributed by atoms with Crippen LogP contribution in [0, 0.1) is 0 Å². The van der Waals surface area contributed by atoms with Crippen LogP contribution in [0.3, 0.4) is 0 Å². The van der Waals surface area contributed by atoms with Crippen molar-refractivity contribution in [1.29, 1.82) is 0 Å². The molecule has 0 spiro atoms. The van der Waals surface area contributed by atoms with Crippen LogP contribution in [-0.4, -0.2) is 48.9 Å². The Hall–Kier alpha value is -3.05. The highest BCUT2D eigenvalue weighted by atomic mass is 35.5. The van der Waals surface area contributed by atoms with E-state index in [1.54, 1.807) is 19.9 Å². The maximum absolute atomic E-state index is 13.2. The van der Waals surface area contributed by atoms with Gasteiger partial charge in [0.2, 0.25) is 0 Å². The smallest absolute Gasteiger partial charge is 0.361 e. The predicted octanol–water partition coefficient (Wildman–Crippen LogP) is 3.93. The van der Waals surface area contributed by atoms with E-state index in [9.17, 15) is 18.0 Å². The summed E-state index contributed by atoms with van der Waals surface area (Å²) in [7, 11) is 0. The molecule has 0 radical (unpaired) electrons. The second kappa shape index (κ2) is 9.40. The summed E-state index contributed by atoms with van der Waals surface area (Å²) in [4.78, 5) is 26.8. The van der Waals surface area contributed by atoms with Crippen molar-refractivity contribution in [2.75, 3.05) is 13.3 Å². The second-order valence-corrected chi connectivity index (χ2v) is 6.81. The number of ether oxygens (including phenoxy) is 1. The lowest BCUT2D eigenvalue weighted by molar-refractivity contribution is -0.137. The lowest BCUT2D eigenvalue weighted by atomic mass is 10.1. The Bertz CT molecular complexity index is 1040. The van der Waals surface area contributed by atoms with Gasteiger partial charge < -0.3 is 9.64 Å². The monoisotopic (exact) mass is 454 g/mol. The molecular weight excluding hydrogens is 437 g/mol. The number of benzene rings is 1. The highest BCUT2D eigenvalue weighted by Crippen LogP contribution is 2.33. The summed E-state index contributed by atoms with van der Waals surface area (Å²) in [5.41, 5.74) is -1.25. The van der Waals surface area contributed by atoms with Crippen LogP contribution in [0.2, 0.25) is 5.02 Å². The zero-order chi connectivity index (χ0) is 22.6. The SMILES string of the molecule is CCOCN(C(=O)c1cc(Cl)cc(C(F)(F)F)c1)C(C)c1ncnn1-c1ncccn1. The maximum Gasteiger partial charge on any atom is 0.416 e. The molecule has 0 bridgehead atoms. The molecule has 1 aromatic carbocycles. The Labute approximate surface area is 180 Å². The Morgan fingerprint density at radius 3 is 2.58 bits per heavy atom. The molecule has 1 unspecified atom stereocenters. The van der Waals surface area contributed by atoms with Crippen molar-refractivity contribution in [3.05, 3.63) is 65.0 Å². The molecule has 0 fully saturated rings. The van der Waals surface area contributed by atoms with E-state index in [1.165, 1.54) is 34.4 Å². The first-order chi connectivity index (χ1) is 14.7. The number of aromatic nitrogens is 5. The summed E-state index contributed by atoms with van der Waals surface area (Å²) in [6, 6.07) is 3.59. The normalized spacial score (nSPS) is 12.6. The lowest BCUT2D eigenvalue weighted by Crippen LogP contribution is -2.37. The van der Waals surface area contributed by atoms with Gasteiger partial charge in [0.25, 0.3) is 11.9 Å². The molecule has 2 aromatic heterocycles. The van der Waals surface area contributed by atoms with Crippen molar-refractivity contribution in [3.8, 4) is 5.95 Å². The molecule has 0 N–H and O–H groups in total. The number of hydrogen-bond donors (Lipinski definition) is 0. The molecular formula is C19H18ClF3N6O2. The van der Waals surface area contributed by atoms with Gasteiger partial charge in [0, 0.05) is 29.6 Å². The van der Waals surface area contributed by atoms with Crippen LogP contribution in [-0.2, 0) is 10.9 Å². The van der Waals surface area contributed by atoms with Gasteiger partial charge >= 0.3 is 6.18 Å². The zero-order valence-corrected chi connectivity index (χ0v) is 17.3. The Morgan fingerprint density at radius 2 is 1.94 bits per heavy atom. The third kappa shape index (κ3) is 5.17. The number of hydrogen-bond acceptors (Lipinski definition) is 6. The summed E-state index contributed by atoms with van der Waals surface area (Å²) in [6.07, 6.45) is -0.341. The third-order valence-electron chi connectivity index (χ3n) is 4.32. The third-order valence-corrected chi connectivity index (χ3v) is 4.54. The first kappa shape index (κ1) is 22.6. The van der Waals surface area contributed by atoms with Crippen molar-refractivity contribution in [1.82, 2.24) is 29.6 Å². The Balaban J connectivity index is 1.99. The molecule has 0 saturated carbocycles. The molecule has 164 valence electrons. The molecule has 8 nitrogen and oxygen atoms in total. The Morgan fingerprint density at radius 1 is 1.23 bits per heavy atom. The summed E-state index contributed by atoms with van der Waals surface area (Å²) in [5.74, 6) is -0.178. The minimum atomic E-state index is -4.65. The van der Waals surface area contributed by atoms with E-state index >= 15 is 0 Å². The van der Waals surface area contributed by atoms with Crippen LogP contribution < -0.4 is 0 Å². The highest BCUT2D eigenvalue weighted by molar-refractivity contribution is 6.31. The molecule has 1 amide bonds. The van der Waals surface area contributed by atoms with Gasteiger partial charge in [0.15, 0.2) is 5.82 Å². The van der Waals surface area contributed by atoms with Gasteiger partial charge in [-0.2, -0.15) is 23.0 Å². The number of carbonyl (C=O) groups excluding carboxylic acids is 1. The van der Waals surface area contributed by atoms with E-state index < -0.39 is 23.7 Å². The number of rotatable bonds is 7. The van der Waals surface area contributed by atoms with E-state index in [2.05, 4.69) is 20.1 Å². The van der Waals surface area contributed by atoms with Gasteiger partial charge in [-0.1, -0.05) is 11.6 Å². The topological polar surface area (TPSA) is 86.0 Å². The van der Waals surface area contributed by atoms with Crippen molar-refractivity contribution in [2.45, 2.75) is 26.1 Å². The fourth-order valence-electron chi connectivity index (χ4n) is 2.81. The molecule has 0 aliphatic rings. The summed E-state index contributed by atoms with van der Waals surface area (Å²) < 4.78 is 46.3. The lowest BCUT2D eigenvalue weighted by Gasteiger charge is -2.28. The number of carbonyl (C=O) groups is 1. The average molecular weight is 455 g/mol. The van der Waals surface area contributed by atoms with Crippen molar-refractivity contribution in [2.24, 2.45) is 0 Å². The fourth-order valence-corrected chi connectivity index (χ4v) is 3.04. The van der Waals surface area contributed by atoms with E-state index in [-0.39, 0.29) is 29.9 Å². The van der Waals surface area contributed by atoms with E-state index in [0.717, 1.165) is 12.1 Å². The van der Waals surface area contributed by atoms with Crippen LogP contribution in [0.15, 0.2) is 43.0 Å². The molecule has 31 heavy (non-hydrogen) atoms. The number of amides is 1. The summed E-state index contributed by atoms with van der Waals surface area (Å²) >= 11 is 5.85. The molecule has 3 aromatic rings.